The maximum Gasteiger partial charge on any atom is 0.271 e. The van der Waals surface area contributed by atoms with E-state index in [-0.39, 0.29) is 34.0 Å². The zero-order chi connectivity index (χ0) is 22.5. The van der Waals surface area contributed by atoms with E-state index in [1.807, 2.05) is 0 Å². The van der Waals surface area contributed by atoms with Crippen LogP contribution in [0, 0.1) is 15.9 Å². The van der Waals surface area contributed by atoms with Gasteiger partial charge in [0, 0.05) is 12.1 Å². The summed E-state index contributed by atoms with van der Waals surface area (Å²) < 4.78 is 19.6. The van der Waals surface area contributed by atoms with Crippen LogP contribution in [0.25, 0.3) is 0 Å². The number of carbonyl (C=O) groups is 1. The standard InChI is InChI=1S/C18H16ClFN6O4S/c1-10(17(27)22-15-7-4-12(26(28)29)8-14(15)19)31-18-24-23-16(25(18)21)9-30-13-5-2-11(20)3-6-13/h2-8,10H,9,21H2,1H3,(H,22,27). The van der Waals surface area contributed by atoms with Gasteiger partial charge in [-0.2, -0.15) is 0 Å². The minimum atomic E-state index is -0.636. The highest BCUT2D eigenvalue weighted by Gasteiger charge is 2.21. The van der Waals surface area contributed by atoms with Crippen LogP contribution >= 0.6 is 23.4 Å². The van der Waals surface area contributed by atoms with Crippen LogP contribution in [0.2, 0.25) is 5.02 Å². The molecule has 0 fully saturated rings. The number of nitrogens with zero attached hydrogens (tertiary/aromatic N) is 4. The van der Waals surface area contributed by atoms with Gasteiger partial charge in [-0.1, -0.05) is 23.4 Å². The summed E-state index contributed by atoms with van der Waals surface area (Å²) in [5, 5.41) is 21.0. The van der Waals surface area contributed by atoms with Crippen molar-refractivity contribution in [2.45, 2.75) is 23.9 Å². The number of aromatic nitrogens is 3. The number of carbonyl (C=O) groups excluding carboxylic acids is 1. The van der Waals surface area contributed by atoms with Crippen molar-refractivity contribution in [1.82, 2.24) is 14.9 Å². The Kier molecular flexibility index (Phi) is 6.92. The molecule has 3 N–H and O–H groups in total. The third kappa shape index (κ3) is 5.61. The van der Waals surface area contributed by atoms with Crippen molar-refractivity contribution in [3.05, 3.63) is 69.2 Å². The van der Waals surface area contributed by atoms with E-state index in [1.165, 1.54) is 41.1 Å². The number of thioether (sulfide) groups is 1. The zero-order valence-electron chi connectivity index (χ0n) is 16.0. The van der Waals surface area contributed by atoms with Gasteiger partial charge in [0.25, 0.3) is 5.69 Å². The van der Waals surface area contributed by atoms with E-state index < -0.39 is 16.1 Å². The lowest BCUT2D eigenvalue weighted by Crippen LogP contribution is -2.24. The Morgan fingerprint density at radius 1 is 1.35 bits per heavy atom. The maximum atomic E-state index is 12.9. The van der Waals surface area contributed by atoms with Crippen LogP contribution in [-0.2, 0) is 11.4 Å². The number of ether oxygens (including phenoxy) is 1. The molecule has 2 aromatic carbocycles. The van der Waals surface area contributed by atoms with Crippen LogP contribution in [0.5, 0.6) is 5.75 Å². The minimum absolute atomic E-state index is 0.00529. The third-order valence-corrected chi connectivity index (χ3v) is 5.36. The van der Waals surface area contributed by atoms with Gasteiger partial charge in [-0.3, -0.25) is 14.9 Å². The maximum absolute atomic E-state index is 12.9. The molecule has 0 bridgehead atoms. The average molecular weight is 467 g/mol. The van der Waals surface area contributed by atoms with E-state index in [0.717, 1.165) is 17.8 Å². The molecule has 31 heavy (non-hydrogen) atoms. The molecule has 0 radical (unpaired) electrons. The number of nitro groups is 1. The van der Waals surface area contributed by atoms with Crippen LogP contribution in [0.1, 0.15) is 12.7 Å². The SMILES string of the molecule is CC(Sc1nnc(COc2ccc(F)cc2)n1N)C(=O)Nc1ccc([N+](=O)[O-])cc1Cl. The molecule has 1 aromatic heterocycles. The predicted octanol–water partition coefficient (Wildman–Crippen LogP) is 3.39. The van der Waals surface area contributed by atoms with Crippen molar-refractivity contribution in [2.24, 2.45) is 0 Å². The van der Waals surface area contributed by atoms with Crippen molar-refractivity contribution in [3.8, 4) is 5.75 Å². The first-order chi connectivity index (χ1) is 14.7. The fourth-order valence-corrected chi connectivity index (χ4v) is 3.34. The molecule has 3 aromatic rings. The highest BCUT2D eigenvalue weighted by atomic mass is 35.5. The Labute approximate surface area is 184 Å². The van der Waals surface area contributed by atoms with Crippen LogP contribution in [0.15, 0.2) is 47.6 Å². The van der Waals surface area contributed by atoms with E-state index in [4.69, 9.17) is 22.2 Å². The van der Waals surface area contributed by atoms with Gasteiger partial charge >= 0.3 is 0 Å². The molecule has 0 aliphatic rings. The van der Waals surface area contributed by atoms with E-state index >= 15 is 0 Å². The van der Waals surface area contributed by atoms with Gasteiger partial charge in [-0.25, -0.2) is 9.07 Å². The summed E-state index contributed by atoms with van der Waals surface area (Å²) in [7, 11) is 0. The average Bonchev–Trinajstić information content (AvgIpc) is 3.08. The highest BCUT2D eigenvalue weighted by Crippen LogP contribution is 2.28. The largest absolute Gasteiger partial charge is 0.486 e. The molecule has 10 nitrogen and oxygen atoms in total. The number of halogens is 2. The predicted molar refractivity (Wildman–Crippen MR) is 113 cm³/mol. The molecule has 0 aliphatic heterocycles. The van der Waals surface area contributed by atoms with E-state index in [9.17, 15) is 19.3 Å². The highest BCUT2D eigenvalue weighted by molar-refractivity contribution is 8.00. The van der Waals surface area contributed by atoms with Crippen LogP contribution in [0.3, 0.4) is 0 Å². The van der Waals surface area contributed by atoms with Gasteiger partial charge in [0.05, 0.1) is 20.9 Å². The zero-order valence-corrected chi connectivity index (χ0v) is 17.6. The Morgan fingerprint density at radius 3 is 2.71 bits per heavy atom. The normalized spacial score (nSPS) is 11.7. The Hall–Kier alpha value is -3.38. The Morgan fingerprint density at radius 2 is 2.06 bits per heavy atom. The second kappa shape index (κ2) is 9.62. The van der Waals surface area contributed by atoms with Crippen LogP contribution in [-0.4, -0.2) is 31.0 Å². The number of rotatable bonds is 8. The summed E-state index contributed by atoms with van der Waals surface area (Å²) in [5.74, 6) is 5.93. The minimum Gasteiger partial charge on any atom is -0.486 e. The van der Waals surface area contributed by atoms with E-state index in [2.05, 4.69) is 15.5 Å². The monoisotopic (exact) mass is 466 g/mol. The molecule has 0 aliphatic carbocycles. The van der Waals surface area contributed by atoms with Crippen molar-refractivity contribution in [3.63, 3.8) is 0 Å². The number of hydrogen-bond donors (Lipinski definition) is 2. The number of hydrogen-bond acceptors (Lipinski definition) is 8. The molecule has 0 spiro atoms. The third-order valence-electron chi connectivity index (χ3n) is 3.99. The topological polar surface area (TPSA) is 138 Å². The number of amides is 1. The quantitative estimate of drug-likeness (QED) is 0.223. The fraction of sp³-hybridized carbons (Fsp3) is 0.167. The number of nitrogen functional groups attached to an aromatic ring is 1. The summed E-state index contributed by atoms with van der Waals surface area (Å²) in [4.78, 5) is 22.7. The van der Waals surface area contributed by atoms with Gasteiger partial charge in [0.15, 0.2) is 5.82 Å². The molecule has 13 heteroatoms. The molecule has 1 atom stereocenters. The van der Waals surface area contributed by atoms with Gasteiger partial charge in [-0.05, 0) is 37.3 Å². The molecular weight excluding hydrogens is 451 g/mol. The summed E-state index contributed by atoms with van der Waals surface area (Å²) in [6, 6.07) is 9.21. The van der Waals surface area contributed by atoms with Gasteiger partial charge in [0.2, 0.25) is 11.1 Å². The Balaban J connectivity index is 1.60. The first-order valence-electron chi connectivity index (χ1n) is 8.74. The molecule has 162 valence electrons. The number of nitro benzene ring substituents is 1. The van der Waals surface area contributed by atoms with Crippen molar-refractivity contribution >= 4 is 40.6 Å². The lowest BCUT2D eigenvalue weighted by molar-refractivity contribution is -0.384. The lowest BCUT2D eigenvalue weighted by atomic mass is 10.2. The molecule has 3 rings (SSSR count). The smallest absolute Gasteiger partial charge is 0.271 e. The summed E-state index contributed by atoms with van der Waals surface area (Å²) in [6.45, 7) is 1.62. The second-order valence-electron chi connectivity index (χ2n) is 6.18. The van der Waals surface area contributed by atoms with Crippen molar-refractivity contribution in [2.75, 3.05) is 11.2 Å². The first-order valence-corrected chi connectivity index (χ1v) is 9.99. The fourth-order valence-electron chi connectivity index (χ4n) is 2.33. The van der Waals surface area contributed by atoms with E-state index in [0.29, 0.717) is 11.6 Å². The molecule has 1 unspecified atom stereocenters. The second-order valence-corrected chi connectivity index (χ2v) is 7.90. The summed E-state index contributed by atoms with van der Waals surface area (Å²) in [5.41, 5.74) is 0.0596. The number of benzene rings is 2. The summed E-state index contributed by atoms with van der Waals surface area (Å²) in [6.07, 6.45) is 0. The number of nitrogens with two attached hydrogens (primary N) is 1. The first kappa shape index (κ1) is 22.3. The van der Waals surface area contributed by atoms with Crippen molar-refractivity contribution < 1.29 is 18.8 Å². The Bertz CT molecular complexity index is 1110. The number of anilines is 1. The summed E-state index contributed by atoms with van der Waals surface area (Å²) >= 11 is 7.05. The molecule has 0 saturated carbocycles. The van der Waals surface area contributed by atoms with Crippen LogP contribution < -0.4 is 15.9 Å². The lowest BCUT2D eigenvalue weighted by Gasteiger charge is -2.12. The van der Waals surface area contributed by atoms with Gasteiger partial charge < -0.3 is 15.9 Å². The molecule has 1 amide bonds. The molecular formula is C18H16ClFN6O4S. The number of nitrogens with one attached hydrogen (secondary N) is 1. The van der Waals surface area contributed by atoms with E-state index in [1.54, 1.807) is 6.92 Å². The number of non-ortho nitro benzene ring substituents is 1. The molecule has 1 heterocycles. The van der Waals surface area contributed by atoms with Crippen molar-refractivity contribution in [1.29, 1.82) is 0 Å². The molecule has 0 saturated heterocycles. The van der Waals surface area contributed by atoms with Gasteiger partial charge in [0.1, 0.15) is 18.2 Å². The van der Waals surface area contributed by atoms with Gasteiger partial charge in [-0.15, -0.1) is 10.2 Å². The van der Waals surface area contributed by atoms with Crippen LogP contribution in [0.4, 0.5) is 15.8 Å².